The van der Waals surface area contributed by atoms with Crippen LogP contribution in [-0.2, 0) is 9.59 Å². The zero-order valence-electron chi connectivity index (χ0n) is 15.1. The van der Waals surface area contributed by atoms with Crippen LogP contribution in [0.3, 0.4) is 0 Å². The molecule has 3 aliphatic rings. The Kier molecular flexibility index (Phi) is 3.85. The van der Waals surface area contributed by atoms with Gasteiger partial charge in [0.25, 0.3) is 0 Å². The fourth-order valence-electron chi connectivity index (χ4n) is 4.53. The molecule has 1 aliphatic heterocycles. The van der Waals surface area contributed by atoms with Crippen LogP contribution in [0.5, 0.6) is 0 Å². The molecule has 2 heterocycles. The molecule has 1 aromatic heterocycles. The van der Waals surface area contributed by atoms with Gasteiger partial charge in [-0.25, -0.2) is 0 Å². The molecule has 0 saturated carbocycles. The maximum atomic E-state index is 12.8. The number of carbonyl (C=O) groups excluding carboxylic acids is 2. The van der Waals surface area contributed by atoms with Crippen LogP contribution in [-0.4, -0.2) is 11.6 Å². The van der Waals surface area contributed by atoms with Crippen molar-refractivity contribution in [3.8, 4) is 11.3 Å². The van der Waals surface area contributed by atoms with E-state index in [2.05, 4.69) is 5.32 Å². The summed E-state index contributed by atoms with van der Waals surface area (Å²) in [5.41, 5.74) is 4.45. The van der Waals surface area contributed by atoms with Crippen LogP contribution in [0.15, 0.2) is 69.4 Å². The molecule has 0 spiro atoms. The average molecular weight is 359 g/mol. The van der Waals surface area contributed by atoms with Crippen molar-refractivity contribution in [2.24, 2.45) is 0 Å². The Bertz CT molecular complexity index is 952. The Hall–Kier alpha value is -2.88. The summed E-state index contributed by atoms with van der Waals surface area (Å²) >= 11 is 0. The molecule has 27 heavy (non-hydrogen) atoms. The number of carbonyl (C=O) groups is 2. The molecule has 2 aromatic rings. The van der Waals surface area contributed by atoms with Crippen molar-refractivity contribution in [2.45, 2.75) is 44.4 Å². The van der Waals surface area contributed by atoms with Gasteiger partial charge in [0.05, 0.1) is 5.92 Å². The van der Waals surface area contributed by atoms with Crippen molar-refractivity contribution < 1.29 is 14.0 Å². The standard InChI is InChI=1S/C23H21NO3/c25-17-10-4-8-15-21(17)23(22-16(24-15)9-5-11-18(22)26)20-13-12-19(27-20)14-6-2-1-3-7-14/h1-3,6-7,12-13,23-24H,4-5,8-11H2. The molecule has 0 saturated heterocycles. The van der Waals surface area contributed by atoms with Gasteiger partial charge in [0.1, 0.15) is 11.5 Å². The topological polar surface area (TPSA) is 59.3 Å². The number of hydrogen-bond acceptors (Lipinski definition) is 4. The highest BCUT2D eigenvalue weighted by molar-refractivity contribution is 6.06. The van der Waals surface area contributed by atoms with Gasteiger partial charge in [-0.3, -0.25) is 9.59 Å². The Labute approximate surface area is 158 Å². The summed E-state index contributed by atoms with van der Waals surface area (Å²) < 4.78 is 6.20. The van der Waals surface area contributed by atoms with Crippen LogP contribution in [0, 0.1) is 0 Å². The lowest BCUT2D eigenvalue weighted by atomic mass is 9.73. The molecule has 0 radical (unpaired) electrons. The number of allylic oxidation sites excluding steroid dienone is 4. The van der Waals surface area contributed by atoms with Gasteiger partial charge in [0, 0.05) is 40.9 Å². The van der Waals surface area contributed by atoms with Crippen molar-refractivity contribution in [3.63, 3.8) is 0 Å². The van der Waals surface area contributed by atoms with E-state index < -0.39 is 0 Å². The highest BCUT2D eigenvalue weighted by Gasteiger charge is 2.41. The van der Waals surface area contributed by atoms with Crippen molar-refractivity contribution in [3.05, 3.63) is 70.8 Å². The first-order chi connectivity index (χ1) is 13.2. The summed E-state index contributed by atoms with van der Waals surface area (Å²) in [5.74, 6) is 1.36. The predicted molar refractivity (Wildman–Crippen MR) is 102 cm³/mol. The fraction of sp³-hybridized carbons (Fsp3) is 0.304. The van der Waals surface area contributed by atoms with Crippen LogP contribution in [0.25, 0.3) is 11.3 Å². The molecule has 4 heteroatoms. The van der Waals surface area contributed by atoms with Gasteiger partial charge in [-0.1, -0.05) is 30.3 Å². The molecule has 0 unspecified atom stereocenters. The van der Waals surface area contributed by atoms with Crippen molar-refractivity contribution in [1.29, 1.82) is 0 Å². The highest BCUT2D eigenvalue weighted by Crippen LogP contribution is 2.46. The molecule has 2 aliphatic carbocycles. The van der Waals surface area contributed by atoms with E-state index in [-0.39, 0.29) is 17.5 Å². The number of benzene rings is 1. The van der Waals surface area contributed by atoms with Crippen molar-refractivity contribution in [2.75, 3.05) is 0 Å². The van der Waals surface area contributed by atoms with Gasteiger partial charge in [-0.05, 0) is 37.8 Å². The molecule has 1 aromatic carbocycles. The normalized spacial score (nSPS) is 20.4. The summed E-state index contributed by atoms with van der Waals surface area (Å²) in [6.45, 7) is 0. The van der Waals surface area contributed by atoms with Crippen LogP contribution in [0.1, 0.15) is 50.2 Å². The number of dihydropyridines is 1. The van der Waals surface area contributed by atoms with E-state index in [1.165, 1.54) is 0 Å². The number of Topliss-reactive ketones (excluding diaryl/α,β-unsaturated/α-hetero) is 2. The lowest BCUT2D eigenvalue weighted by Crippen LogP contribution is -2.36. The third-order valence-electron chi connectivity index (χ3n) is 5.76. The van der Waals surface area contributed by atoms with Crippen molar-refractivity contribution >= 4 is 11.6 Å². The molecule has 5 rings (SSSR count). The second-order valence-corrected chi connectivity index (χ2v) is 7.46. The first kappa shape index (κ1) is 16.3. The van der Waals surface area contributed by atoms with Gasteiger partial charge in [-0.15, -0.1) is 0 Å². The molecule has 4 nitrogen and oxygen atoms in total. The third-order valence-corrected chi connectivity index (χ3v) is 5.76. The van der Waals surface area contributed by atoms with Gasteiger partial charge in [-0.2, -0.15) is 0 Å². The largest absolute Gasteiger partial charge is 0.460 e. The summed E-state index contributed by atoms with van der Waals surface area (Å²) in [7, 11) is 0. The van der Waals surface area contributed by atoms with Crippen molar-refractivity contribution in [1.82, 2.24) is 5.32 Å². The quantitative estimate of drug-likeness (QED) is 0.848. The maximum Gasteiger partial charge on any atom is 0.161 e. The average Bonchev–Trinajstić information content (AvgIpc) is 3.17. The van der Waals surface area contributed by atoms with Gasteiger partial charge >= 0.3 is 0 Å². The second kappa shape index (κ2) is 6.38. The van der Waals surface area contributed by atoms with Crippen LogP contribution >= 0.6 is 0 Å². The zero-order chi connectivity index (χ0) is 18.4. The number of hydrogen-bond donors (Lipinski definition) is 1. The molecule has 0 bridgehead atoms. The first-order valence-electron chi connectivity index (χ1n) is 9.67. The summed E-state index contributed by atoms with van der Waals surface area (Å²) in [4.78, 5) is 25.6. The van der Waals surface area contributed by atoms with E-state index >= 15 is 0 Å². The Morgan fingerprint density at radius 1 is 0.778 bits per heavy atom. The summed E-state index contributed by atoms with van der Waals surface area (Å²) in [6, 6.07) is 13.8. The van der Waals surface area contributed by atoms with Crippen LogP contribution in [0.2, 0.25) is 0 Å². The molecule has 136 valence electrons. The lowest BCUT2D eigenvalue weighted by molar-refractivity contribution is -0.117. The smallest absolute Gasteiger partial charge is 0.161 e. The predicted octanol–water partition coefficient (Wildman–Crippen LogP) is 4.65. The fourth-order valence-corrected chi connectivity index (χ4v) is 4.53. The van der Waals surface area contributed by atoms with E-state index in [9.17, 15) is 9.59 Å². The van der Waals surface area contributed by atoms with Gasteiger partial charge in [0.2, 0.25) is 0 Å². The van der Waals surface area contributed by atoms with Crippen LogP contribution < -0.4 is 5.32 Å². The van der Waals surface area contributed by atoms with E-state index in [0.717, 1.165) is 59.5 Å². The Balaban J connectivity index is 1.64. The van der Waals surface area contributed by atoms with E-state index in [4.69, 9.17) is 4.42 Å². The minimum Gasteiger partial charge on any atom is -0.460 e. The van der Waals surface area contributed by atoms with Gasteiger partial charge in [0.15, 0.2) is 11.6 Å². The minimum absolute atomic E-state index is 0.135. The number of rotatable bonds is 2. The monoisotopic (exact) mass is 359 g/mol. The molecular weight excluding hydrogens is 338 g/mol. The second-order valence-electron chi connectivity index (χ2n) is 7.46. The Morgan fingerprint density at radius 2 is 1.41 bits per heavy atom. The zero-order valence-corrected chi connectivity index (χ0v) is 15.1. The molecule has 0 fully saturated rings. The van der Waals surface area contributed by atoms with E-state index in [0.29, 0.717) is 18.6 Å². The Morgan fingerprint density at radius 3 is 2.04 bits per heavy atom. The lowest BCUT2D eigenvalue weighted by Gasteiger charge is -2.36. The highest BCUT2D eigenvalue weighted by atomic mass is 16.3. The molecule has 0 amide bonds. The maximum absolute atomic E-state index is 12.8. The van der Waals surface area contributed by atoms with E-state index in [1.807, 2.05) is 42.5 Å². The number of furan rings is 1. The van der Waals surface area contributed by atoms with Gasteiger partial charge < -0.3 is 9.73 Å². The third kappa shape index (κ3) is 2.67. The molecule has 0 atom stereocenters. The summed E-state index contributed by atoms with van der Waals surface area (Å²) in [6.07, 6.45) is 4.52. The molecular formula is C23H21NO3. The first-order valence-corrected chi connectivity index (χ1v) is 9.67. The number of nitrogens with one attached hydrogen (secondary N) is 1. The minimum atomic E-state index is -0.366. The molecule has 1 N–H and O–H groups in total. The SMILES string of the molecule is O=C1CCCC2=C1C(c1ccc(-c3ccccc3)o1)C1=C(CCCC1=O)N2. The summed E-state index contributed by atoms with van der Waals surface area (Å²) in [5, 5.41) is 3.43. The van der Waals surface area contributed by atoms with E-state index in [1.54, 1.807) is 0 Å². The van der Waals surface area contributed by atoms with Crippen LogP contribution in [0.4, 0.5) is 0 Å². The number of ketones is 2.